The van der Waals surface area contributed by atoms with Gasteiger partial charge in [-0.15, -0.1) is 0 Å². The Morgan fingerprint density at radius 2 is 2.10 bits per heavy atom. The number of nitrogens with one attached hydrogen (secondary N) is 3. The molecule has 0 saturated heterocycles. The summed E-state index contributed by atoms with van der Waals surface area (Å²) in [5.74, 6) is 0.336. The number of carbonyl (C=O) groups excluding carboxylic acids is 1. The Balaban J connectivity index is 1.51. The summed E-state index contributed by atoms with van der Waals surface area (Å²) in [7, 11) is 0. The lowest BCUT2D eigenvalue weighted by atomic mass is 10.1. The number of aromatic amines is 1. The van der Waals surface area contributed by atoms with Gasteiger partial charge >= 0.3 is 0 Å². The summed E-state index contributed by atoms with van der Waals surface area (Å²) in [4.78, 5) is 29.0. The lowest BCUT2D eigenvalue weighted by Gasteiger charge is -2.07. The van der Waals surface area contributed by atoms with Crippen LogP contribution in [0.25, 0.3) is 27.7 Å². The van der Waals surface area contributed by atoms with Crippen molar-refractivity contribution in [2.45, 2.75) is 19.9 Å². The maximum absolute atomic E-state index is 12.8. The third-order valence-corrected chi connectivity index (χ3v) is 4.85. The zero-order valence-electron chi connectivity index (χ0n) is 17.0. The van der Waals surface area contributed by atoms with Crippen LogP contribution in [0.3, 0.4) is 0 Å². The Morgan fingerprint density at radius 1 is 1.19 bits per heavy atom. The molecule has 9 nitrogen and oxygen atoms in total. The van der Waals surface area contributed by atoms with Gasteiger partial charge in [-0.1, -0.05) is 0 Å². The highest BCUT2D eigenvalue weighted by atomic mass is 16.1. The molecule has 0 unspecified atom stereocenters. The van der Waals surface area contributed by atoms with Crippen LogP contribution in [0.5, 0.6) is 0 Å². The van der Waals surface area contributed by atoms with E-state index < -0.39 is 0 Å². The molecule has 3 N–H and O–H groups in total. The van der Waals surface area contributed by atoms with Crippen molar-refractivity contribution in [2.24, 2.45) is 0 Å². The van der Waals surface area contributed by atoms with Gasteiger partial charge in [0.1, 0.15) is 5.65 Å². The molecule has 0 aromatic carbocycles. The number of H-pyrrole nitrogens is 1. The molecule has 1 amide bonds. The van der Waals surface area contributed by atoms with Crippen LogP contribution in [0.2, 0.25) is 0 Å². The normalized spacial score (nSPS) is 11.3. The van der Waals surface area contributed by atoms with E-state index in [1.165, 1.54) is 0 Å². The van der Waals surface area contributed by atoms with Crippen molar-refractivity contribution < 1.29 is 4.79 Å². The second-order valence-corrected chi connectivity index (χ2v) is 7.46. The standard InChI is InChI=1S/C22H20N8O/c1-13(2)27-22-25-11-17-16(10-24-20(17)29-22)14-5-7-30-19(8-14)18(12-26-30)21(31)28-15-4-3-6-23-9-15/h3-13H,1-2H3,(H,28,31)(H2,24,25,27,29). The maximum atomic E-state index is 12.8. The van der Waals surface area contributed by atoms with E-state index >= 15 is 0 Å². The van der Waals surface area contributed by atoms with E-state index in [4.69, 9.17) is 0 Å². The quantitative estimate of drug-likeness (QED) is 0.405. The molecule has 0 spiro atoms. The van der Waals surface area contributed by atoms with Gasteiger partial charge in [-0.05, 0) is 43.7 Å². The predicted octanol–water partition coefficient (Wildman–Crippen LogP) is 3.74. The van der Waals surface area contributed by atoms with Crippen molar-refractivity contribution in [3.05, 3.63) is 67.0 Å². The topological polar surface area (TPSA) is 113 Å². The van der Waals surface area contributed by atoms with Crippen molar-refractivity contribution >= 4 is 34.1 Å². The summed E-state index contributed by atoms with van der Waals surface area (Å²) in [5, 5.41) is 11.3. The highest BCUT2D eigenvalue weighted by molar-refractivity contribution is 6.09. The van der Waals surface area contributed by atoms with E-state index in [1.54, 1.807) is 41.4 Å². The number of hydrogen-bond acceptors (Lipinski definition) is 6. The summed E-state index contributed by atoms with van der Waals surface area (Å²) >= 11 is 0. The monoisotopic (exact) mass is 412 g/mol. The molecule has 154 valence electrons. The molecule has 5 aromatic heterocycles. The van der Waals surface area contributed by atoms with Gasteiger partial charge in [-0.3, -0.25) is 9.78 Å². The zero-order chi connectivity index (χ0) is 21.4. The molecule has 0 saturated carbocycles. The summed E-state index contributed by atoms with van der Waals surface area (Å²) < 4.78 is 1.68. The third-order valence-electron chi connectivity index (χ3n) is 4.85. The minimum Gasteiger partial charge on any atom is -0.352 e. The molecule has 0 aliphatic carbocycles. The number of hydrogen-bond donors (Lipinski definition) is 3. The van der Waals surface area contributed by atoms with Gasteiger partial charge in [0.15, 0.2) is 0 Å². The molecular formula is C22H20N8O. The third kappa shape index (κ3) is 3.57. The van der Waals surface area contributed by atoms with Gasteiger partial charge in [0.05, 0.1) is 29.2 Å². The molecular weight excluding hydrogens is 392 g/mol. The van der Waals surface area contributed by atoms with Crippen molar-refractivity contribution in [1.82, 2.24) is 29.5 Å². The van der Waals surface area contributed by atoms with Crippen molar-refractivity contribution in [1.29, 1.82) is 0 Å². The van der Waals surface area contributed by atoms with Crippen LogP contribution < -0.4 is 10.6 Å². The Hall–Kier alpha value is -4.27. The number of rotatable bonds is 5. The van der Waals surface area contributed by atoms with E-state index in [9.17, 15) is 4.79 Å². The Bertz CT molecular complexity index is 1390. The number of amides is 1. The van der Waals surface area contributed by atoms with Crippen LogP contribution in [-0.2, 0) is 0 Å². The lowest BCUT2D eigenvalue weighted by molar-refractivity contribution is 0.102. The molecule has 5 aromatic rings. The molecule has 31 heavy (non-hydrogen) atoms. The molecule has 0 aliphatic heterocycles. The van der Waals surface area contributed by atoms with Gasteiger partial charge in [0.25, 0.3) is 5.91 Å². The molecule has 0 aliphatic rings. The van der Waals surface area contributed by atoms with E-state index in [-0.39, 0.29) is 11.9 Å². The fourth-order valence-corrected chi connectivity index (χ4v) is 3.43. The summed E-state index contributed by atoms with van der Waals surface area (Å²) in [5.41, 5.74) is 4.44. The van der Waals surface area contributed by atoms with Crippen LogP contribution in [-0.4, -0.2) is 41.5 Å². The average Bonchev–Trinajstić information content (AvgIpc) is 3.37. The van der Waals surface area contributed by atoms with Crippen molar-refractivity contribution in [3.8, 4) is 11.1 Å². The highest BCUT2D eigenvalue weighted by Crippen LogP contribution is 2.29. The number of nitrogens with zero attached hydrogens (tertiary/aromatic N) is 5. The van der Waals surface area contributed by atoms with Gasteiger partial charge in [-0.2, -0.15) is 10.1 Å². The first-order valence-corrected chi connectivity index (χ1v) is 9.88. The van der Waals surface area contributed by atoms with Gasteiger partial charge in [-0.25, -0.2) is 9.50 Å². The number of aromatic nitrogens is 6. The van der Waals surface area contributed by atoms with E-state index in [1.807, 2.05) is 38.4 Å². The second kappa shape index (κ2) is 7.52. The first kappa shape index (κ1) is 18.7. The number of pyridine rings is 2. The van der Waals surface area contributed by atoms with E-state index in [0.717, 1.165) is 22.2 Å². The summed E-state index contributed by atoms with van der Waals surface area (Å²) in [6.07, 6.45) is 10.4. The second-order valence-electron chi connectivity index (χ2n) is 7.46. The molecule has 9 heteroatoms. The van der Waals surface area contributed by atoms with Crippen LogP contribution in [0, 0.1) is 0 Å². The summed E-state index contributed by atoms with van der Waals surface area (Å²) in [6.45, 7) is 4.08. The predicted molar refractivity (Wildman–Crippen MR) is 119 cm³/mol. The Labute approximate surface area is 177 Å². The highest BCUT2D eigenvalue weighted by Gasteiger charge is 2.16. The molecule has 5 rings (SSSR count). The van der Waals surface area contributed by atoms with E-state index in [2.05, 4.69) is 35.7 Å². The van der Waals surface area contributed by atoms with E-state index in [0.29, 0.717) is 22.7 Å². The number of anilines is 2. The maximum Gasteiger partial charge on any atom is 0.259 e. The van der Waals surface area contributed by atoms with Crippen LogP contribution >= 0.6 is 0 Å². The molecule has 0 radical (unpaired) electrons. The average molecular weight is 412 g/mol. The number of carbonyl (C=O) groups is 1. The first-order valence-electron chi connectivity index (χ1n) is 9.88. The van der Waals surface area contributed by atoms with Crippen molar-refractivity contribution in [2.75, 3.05) is 10.6 Å². The molecule has 0 atom stereocenters. The molecule has 0 bridgehead atoms. The number of fused-ring (bicyclic) bond motifs is 2. The minimum absolute atomic E-state index is 0.243. The van der Waals surface area contributed by atoms with Crippen molar-refractivity contribution in [3.63, 3.8) is 0 Å². The molecule has 0 fully saturated rings. The summed E-state index contributed by atoms with van der Waals surface area (Å²) in [6, 6.07) is 7.69. The SMILES string of the molecule is CC(C)Nc1ncc2c(-c3ccn4ncc(C(=O)Nc5cccnc5)c4c3)c[nH]c2n1. The van der Waals surface area contributed by atoms with Gasteiger partial charge in [0, 0.05) is 41.8 Å². The zero-order valence-corrected chi connectivity index (χ0v) is 17.0. The van der Waals surface area contributed by atoms with Crippen LogP contribution in [0.15, 0.2) is 61.4 Å². The lowest BCUT2D eigenvalue weighted by Crippen LogP contribution is -2.12. The van der Waals surface area contributed by atoms with Gasteiger partial charge in [0.2, 0.25) is 5.95 Å². The Morgan fingerprint density at radius 3 is 2.90 bits per heavy atom. The minimum atomic E-state index is -0.244. The molecule has 5 heterocycles. The van der Waals surface area contributed by atoms with Gasteiger partial charge < -0.3 is 15.6 Å². The largest absolute Gasteiger partial charge is 0.352 e. The smallest absolute Gasteiger partial charge is 0.259 e. The first-order chi connectivity index (χ1) is 15.1. The van der Waals surface area contributed by atoms with Crippen LogP contribution in [0.4, 0.5) is 11.6 Å². The fraction of sp³-hybridized carbons (Fsp3) is 0.136. The Kier molecular flexibility index (Phi) is 4.55. The fourth-order valence-electron chi connectivity index (χ4n) is 3.43. The van der Waals surface area contributed by atoms with Crippen LogP contribution in [0.1, 0.15) is 24.2 Å².